The highest BCUT2D eigenvalue weighted by Crippen LogP contribution is 2.30. The average Bonchev–Trinajstić information content (AvgIpc) is 2.43. The summed E-state index contributed by atoms with van der Waals surface area (Å²) in [4.78, 5) is -0.0629. The third-order valence-corrected chi connectivity index (χ3v) is 4.64. The van der Waals surface area contributed by atoms with Gasteiger partial charge < -0.3 is 10.5 Å². The Morgan fingerprint density at radius 1 is 1.24 bits per heavy atom. The first kappa shape index (κ1) is 15.7. The summed E-state index contributed by atoms with van der Waals surface area (Å²) in [7, 11) is -2.36. The highest BCUT2D eigenvalue weighted by Gasteiger charge is 2.16. The Balaban J connectivity index is 2.35. The number of benzene rings is 2. The van der Waals surface area contributed by atoms with Crippen LogP contribution in [0.4, 0.5) is 10.1 Å². The van der Waals surface area contributed by atoms with Crippen LogP contribution >= 0.6 is 15.9 Å². The summed E-state index contributed by atoms with van der Waals surface area (Å²) in [6.07, 6.45) is 0. The normalized spacial score (nSPS) is 11.4. The van der Waals surface area contributed by atoms with Crippen molar-refractivity contribution in [1.29, 1.82) is 0 Å². The summed E-state index contributed by atoms with van der Waals surface area (Å²) in [5, 5.41) is 0. The highest BCUT2D eigenvalue weighted by atomic mass is 79.9. The van der Waals surface area contributed by atoms with Gasteiger partial charge in [-0.05, 0) is 37.4 Å². The quantitative estimate of drug-likeness (QED) is 0.806. The summed E-state index contributed by atoms with van der Waals surface area (Å²) < 4.78 is 45.2. The Hall–Kier alpha value is -1.64. The second-order valence-electron chi connectivity index (χ2n) is 4.08. The third-order valence-electron chi connectivity index (χ3n) is 2.66. The zero-order chi connectivity index (χ0) is 15.6. The molecule has 0 aliphatic rings. The van der Waals surface area contributed by atoms with Crippen molar-refractivity contribution in [3.05, 3.63) is 46.7 Å². The summed E-state index contributed by atoms with van der Waals surface area (Å²) >= 11 is 3.21. The van der Waals surface area contributed by atoms with Gasteiger partial charge in [0.15, 0.2) is 11.6 Å². The zero-order valence-electron chi connectivity index (χ0n) is 10.9. The van der Waals surface area contributed by atoms with Crippen molar-refractivity contribution in [3.63, 3.8) is 0 Å². The lowest BCUT2D eigenvalue weighted by atomic mass is 10.3. The van der Waals surface area contributed by atoms with Gasteiger partial charge in [-0.2, -0.15) is 0 Å². The van der Waals surface area contributed by atoms with Gasteiger partial charge in [-0.1, -0.05) is 15.9 Å². The third kappa shape index (κ3) is 3.52. The molecule has 0 saturated heterocycles. The smallest absolute Gasteiger partial charge is 0.242 e. The molecule has 112 valence electrons. The van der Waals surface area contributed by atoms with E-state index in [-0.39, 0.29) is 22.1 Å². The van der Waals surface area contributed by atoms with Gasteiger partial charge in [-0.3, -0.25) is 0 Å². The first-order chi connectivity index (χ1) is 9.83. The second-order valence-corrected chi connectivity index (χ2v) is 6.85. The average molecular weight is 375 g/mol. The molecule has 2 aromatic rings. The molecule has 2 rings (SSSR count). The fourth-order valence-corrected chi connectivity index (χ4v) is 2.80. The van der Waals surface area contributed by atoms with Gasteiger partial charge in [0.05, 0.1) is 5.69 Å². The van der Waals surface area contributed by atoms with E-state index < -0.39 is 15.8 Å². The monoisotopic (exact) mass is 374 g/mol. The molecule has 8 heteroatoms. The van der Waals surface area contributed by atoms with Gasteiger partial charge in [0.2, 0.25) is 10.0 Å². The van der Waals surface area contributed by atoms with Crippen molar-refractivity contribution in [3.8, 4) is 11.5 Å². The maximum Gasteiger partial charge on any atom is 0.242 e. The molecule has 0 saturated carbocycles. The van der Waals surface area contributed by atoms with Crippen molar-refractivity contribution in [2.75, 3.05) is 12.8 Å². The molecule has 0 heterocycles. The molecule has 0 aliphatic carbocycles. The van der Waals surface area contributed by atoms with Gasteiger partial charge in [0, 0.05) is 10.5 Å². The molecular weight excluding hydrogens is 363 g/mol. The molecule has 5 nitrogen and oxygen atoms in total. The van der Waals surface area contributed by atoms with Gasteiger partial charge in [0.25, 0.3) is 0 Å². The van der Waals surface area contributed by atoms with Gasteiger partial charge in [-0.25, -0.2) is 17.5 Å². The molecule has 0 radical (unpaired) electrons. The standard InChI is InChI=1S/C13H12BrFN2O3S/c1-17-21(18,19)13-5-3-9(7-11(13)16)20-12-6-8(14)2-4-10(12)15/h2-7,17H,16H2,1H3. The summed E-state index contributed by atoms with van der Waals surface area (Å²) in [6.45, 7) is 0. The number of nitrogens with one attached hydrogen (secondary N) is 1. The van der Waals surface area contributed by atoms with E-state index in [9.17, 15) is 12.8 Å². The van der Waals surface area contributed by atoms with E-state index in [2.05, 4.69) is 20.7 Å². The molecule has 0 fully saturated rings. The summed E-state index contributed by atoms with van der Waals surface area (Å²) in [5.74, 6) is -0.295. The Morgan fingerprint density at radius 2 is 1.95 bits per heavy atom. The van der Waals surface area contributed by atoms with Crippen LogP contribution in [0.15, 0.2) is 45.8 Å². The number of nitrogen functional groups attached to an aromatic ring is 1. The van der Waals surface area contributed by atoms with E-state index in [1.807, 2.05) is 0 Å². The number of sulfonamides is 1. The minimum Gasteiger partial charge on any atom is -0.454 e. The lowest BCUT2D eigenvalue weighted by molar-refractivity contribution is 0.442. The number of rotatable bonds is 4. The fraction of sp³-hybridized carbons (Fsp3) is 0.0769. The second kappa shape index (κ2) is 6.00. The predicted molar refractivity (Wildman–Crippen MR) is 81.3 cm³/mol. The molecule has 0 bridgehead atoms. The molecule has 21 heavy (non-hydrogen) atoms. The molecule has 2 aromatic carbocycles. The van der Waals surface area contributed by atoms with Crippen molar-refractivity contribution in [2.24, 2.45) is 0 Å². The van der Waals surface area contributed by atoms with E-state index in [0.29, 0.717) is 4.47 Å². The molecule has 0 atom stereocenters. The molecule has 0 spiro atoms. The molecule has 3 N–H and O–H groups in total. The first-order valence-corrected chi connectivity index (χ1v) is 8.07. The van der Waals surface area contributed by atoms with Crippen LogP contribution in [-0.4, -0.2) is 15.5 Å². The van der Waals surface area contributed by atoms with Crippen LogP contribution in [0.5, 0.6) is 11.5 Å². The number of ether oxygens (including phenoxy) is 1. The van der Waals surface area contributed by atoms with Gasteiger partial charge in [0.1, 0.15) is 10.6 Å². The number of hydrogen-bond acceptors (Lipinski definition) is 4. The Bertz CT molecular complexity index is 781. The number of hydrogen-bond donors (Lipinski definition) is 2. The molecule has 0 unspecified atom stereocenters. The predicted octanol–water partition coefficient (Wildman–Crippen LogP) is 2.87. The van der Waals surface area contributed by atoms with Crippen molar-refractivity contribution >= 4 is 31.6 Å². The van der Waals surface area contributed by atoms with Crippen LogP contribution in [0, 0.1) is 5.82 Å². The number of nitrogens with two attached hydrogens (primary N) is 1. The maximum absolute atomic E-state index is 13.6. The van der Waals surface area contributed by atoms with Crippen LogP contribution in [0.25, 0.3) is 0 Å². The van der Waals surface area contributed by atoms with Crippen LogP contribution < -0.4 is 15.2 Å². The number of halogens is 2. The fourth-order valence-electron chi connectivity index (χ4n) is 1.63. The Kier molecular flexibility index (Phi) is 4.50. The molecular formula is C13H12BrFN2O3S. The summed E-state index contributed by atoms with van der Waals surface area (Å²) in [5.41, 5.74) is 5.71. The van der Waals surface area contributed by atoms with Crippen LogP contribution in [0.1, 0.15) is 0 Å². The van der Waals surface area contributed by atoms with Crippen LogP contribution in [0.2, 0.25) is 0 Å². The minimum atomic E-state index is -3.65. The Morgan fingerprint density at radius 3 is 2.57 bits per heavy atom. The van der Waals surface area contributed by atoms with Crippen molar-refractivity contribution in [2.45, 2.75) is 4.90 Å². The van der Waals surface area contributed by atoms with E-state index in [0.717, 1.165) is 0 Å². The van der Waals surface area contributed by atoms with E-state index in [1.165, 1.54) is 37.4 Å². The molecule has 0 aliphatic heterocycles. The van der Waals surface area contributed by atoms with Crippen molar-refractivity contribution in [1.82, 2.24) is 4.72 Å². The molecule has 0 amide bonds. The largest absolute Gasteiger partial charge is 0.454 e. The zero-order valence-corrected chi connectivity index (χ0v) is 13.3. The first-order valence-electron chi connectivity index (χ1n) is 5.79. The SMILES string of the molecule is CNS(=O)(=O)c1ccc(Oc2cc(Br)ccc2F)cc1N. The van der Waals surface area contributed by atoms with Crippen LogP contribution in [-0.2, 0) is 10.0 Å². The van der Waals surface area contributed by atoms with Gasteiger partial charge in [-0.15, -0.1) is 0 Å². The maximum atomic E-state index is 13.6. The summed E-state index contributed by atoms with van der Waals surface area (Å²) in [6, 6.07) is 8.28. The van der Waals surface area contributed by atoms with Crippen molar-refractivity contribution < 1.29 is 17.5 Å². The minimum absolute atomic E-state index is 0.00741. The van der Waals surface area contributed by atoms with Crippen LogP contribution in [0.3, 0.4) is 0 Å². The molecule has 0 aromatic heterocycles. The van der Waals surface area contributed by atoms with E-state index in [1.54, 1.807) is 6.07 Å². The van der Waals surface area contributed by atoms with E-state index in [4.69, 9.17) is 10.5 Å². The highest BCUT2D eigenvalue weighted by molar-refractivity contribution is 9.10. The topological polar surface area (TPSA) is 81.4 Å². The van der Waals surface area contributed by atoms with Gasteiger partial charge >= 0.3 is 0 Å². The Labute approximate surface area is 130 Å². The lowest BCUT2D eigenvalue weighted by Crippen LogP contribution is -2.19. The lowest BCUT2D eigenvalue weighted by Gasteiger charge is -2.10. The van der Waals surface area contributed by atoms with E-state index >= 15 is 0 Å². The number of anilines is 1.